The van der Waals surface area contributed by atoms with Crippen molar-refractivity contribution in [2.24, 2.45) is 5.92 Å². The van der Waals surface area contributed by atoms with Crippen LogP contribution in [0.1, 0.15) is 26.2 Å². The smallest absolute Gasteiger partial charge is 0.0737 e. The van der Waals surface area contributed by atoms with E-state index >= 15 is 0 Å². The molecule has 0 bridgehead atoms. The Morgan fingerprint density at radius 3 is 2.60 bits per heavy atom. The summed E-state index contributed by atoms with van der Waals surface area (Å²) in [6.07, 6.45) is 3.80. The molecule has 60 valence electrons. The van der Waals surface area contributed by atoms with Gasteiger partial charge in [-0.05, 0) is 25.2 Å². The number of hydrogen-bond acceptors (Lipinski definition) is 1. The largest absolute Gasteiger partial charge is 0.380 e. The van der Waals surface area contributed by atoms with Gasteiger partial charge in [-0.15, -0.1) is 11.6 Å². The van der Waals surface area contributed by atoms with Crippen molar-refractivity contribution in [3.05, 3.63) is 0 Å². The van der Waals surface area contributed by atoms with E-state index in [1.165, 1.54) is 6.42 Å². The van der Waals surface area contributed by atoms with Crippen molar-refractivity contribution in [3.63, 3.8) is 0 Å². The maximum absolute atomic E-state index is 6.02. The predicted octanol–water partition coefficient (Wildman–Crippen LogP) is 2.43. The minimum atomic E-state index is 0.251. The van der Waals surface area contributed by atoms with Crippen molar-refractivity contribution in [2.45, 2.75) is 37.7 Å². The van der Waals surface area contributed by atoms with Gasteiger partial charge in [-0.25, -0.2) is 0 Å². The molecule has 0 amide bonds. The van der Waals surface area contributed by atoms with E-state index in [0.29, 0.717) is 6.10 Å². The summed E-state index contributed by atoms with van der Waals surface area (Å²) in [5.41, 5.74) is 0. The standard InChI is InChI=1S/C8H15ClO/c1-6-3-4-7(9)8(5-6)10-2/h6-8H,3-5H2,1-2H3. The SMILES string of the molecule is COC1CC(C)CCC1Cl. The topological polar surface area (TPSA) is 9.23 Å². The highest BCUT2D eigenvalue weighted by Crippen LogP contribution is 2.28. The lowest BCUT2D eigenvalue weighted by molar-refractivity contribution is 0.0577. The van der Waals surface area contributed by atoms with Gasteiger partial charge >= 0.3 is 0 Å². The van der Waals surface area contributed by atoms with Gasteiger partial charge in [0.05, 0.1) is 11.5 Å². The lowest BCUT2D eigenvalue weighted by atomic mass is 9.88. The molecule has 0 saturated heterocycles. The molecular formula is C8H15ClO. The first-order valence-corrected chi connectivity index (χ1v) is 4.34. The molecule has 0 aromatic heterocycles. The van der Waals surface area contributed by atoms with Crippen LogP contribution >= 0.6 is 11.6 Å². The van der Waals surface area contributed by atoms with Crippen molar-refractivity contribution in [3.8, 4) is 0 Å². The van der Waals surface area contributed by atoms with Crippen molar-refractivity contribution in [1.29, 1.82) is 0 Å². The van der Waals surface area contributed by atoms with Crippen LogP contribution in [0.5, 0.6) is 0 Å². The zero-order chi connectivity index (χ0) is 7.56. The molecule has 0 radical (unpaired) electrons. The highest BCUT2D eigenvalue weighted by Gasteiger charge is 2.26. The molecule has 1 aliphatic carbocycles. The number of rotatable bonds is 1. The van der Waals surface area contributed by atoms with Crippen molar-refractivity contribution in [2.75, 3.05) is 7.11 Å². The molecule has 2 heteroatoms. The minimum Gasteiger partial charge on any atom is -0.380 e. The second-order valence-electron chi connectivity index (χ2n) is 3.21. The summed E-state index contributed by atoms with van der Waals surface area (Å²) in [6.45, 7) is 2.26. The molecule has 1 nitrogen and oxygen atoms in total. The second kappa shape index (κ2) is 3.59. The summed E-state index contributed by atoms with van der Waals surface area (Å²) in [4.78, 5) is 0. The number of alkyl halides is 1. The van der Waals surface area contributed by atoms with Crippen LogP contribution in [0.15, 0.2) is 0 Å². The Bertz CT molecular complexity index is 105. The van der Waals surface area contributed by atoms with Gasteiger partial charge in [0, 0.05) is 7.11 Å². The fourth-order valence-corrected chi connectivity index (χ4v) is 1.87. The average molecular weight is 163 g/mol. The fourth-order valence-electron chi connectivity index (χ4n) is 1.54. The number of halogens is 1. The monoisotopic (exact) mass is 162 g/mol. The Morgan fingerprint density at radius 1 is 1.40 bits per heavy atom. The first kappa shape index (κ1) is 8.35. The molecule has 1 fully saturated rings. The zero-order valence-corrected chi connectivity index (χ0v) is 7.40. The molecule has 0 heterocycles. The predicted molar refractivity (Wildman–Crippen MR) is 43.5 cm³/mol. The third-order valence-electron chi connectivity index (χ3n) is 2.28. The number of methoxy groups -OCH3 is 1. The van der Waals surface area contributed by atoms with E-state index in [0.717, 1.165) is 18.8 Å². The van der Waals surface area contributed by atoms with Crippen LogP contribution < -0.4 is 0 Å². The zero-order valence-electron chi connectivity index (χ0n) is 6.64. The van der Waals surface area contributed by atoms with Gasteiger partial charge in [-0.2, -0.15) is 0 Å². The number of ether oxygens (including phenoxy) is 1. The minimum absolute atomic E-state index is 0.251. The summed E-state index contributed by atoms with van der Waals surface area (Å²) < 4.78 is 5.24. The van der Waals surface area contributed by atoms with Gasteiger partial charge in [0.1, 0.15) is 0 Å². The summed E-state index contributed by atoms with van der Waals surface area (Å²) in [5, 5.41) is 0.251. The van der Waals surface area contributed by atoms with Crippen LogP contribution in [-0.4, -0.2) is 18.6 Å². The molecule has 1 rings (SSSR count). The van der Waals surface area contributed by atoms with E-state index in [9.17, 15) is 0 Å². The van der Waals surface area contributed by atoms with Crippen LogP contribution in [0.2, 0.25) is 0 Å². The van der Waals surface area contributed by atoms with Gasteiger partial charge in [-0.3, -0.25) is 0 Å². The van der Waals surface area contributed by atoms with Crippen LogP contribution in [0.25, 0.3) is 0 Å². The van der Waals surface area contributed by atoms with Gasteiger partial charge in [0.25, 0.3) is 0 Å². The highest BCUT2D eigenvalue weighted by atomic mass is 35.5. The first-order chi connectivity index (χ1) is 4.74. The second-order valence-corrected chi connectivity index (χ2v) is 3.77. The maximum atomic E-state index is 6.02. The third kappa shape index (κ3) is 1.86. The molecule has 0 aliphatic heterocycles. The molecule has 0 aromatic rings. The van der Waals surface area contributed by atoms with E-state index < -0.39 is 0 Å². The Labute approximate surface area is 67.7 Å². The molecule has 10 heavy (non-hydrogen) atoms. The van der Waals surface area contributed by atoms with Gasteiger partial charge in [-0.1, -0.05) is 6.92 Å². The molecule has 3 unspecified atom stereocenters. The summed E-state index contributed by atoms with van der Waals surface area (Å²) in [6, 6.07) is 0. The molecule has 0 spiro atoms. The highest BCUT2D eigenvalue weighted by molar-refractivity contribution is 6.21. The molecule has 1 saturated carbocycles. The number of hydrogen-bond donors (Lipinski definition) is 0. The Kier molecular flexibility index (Phi) is 2.99. The van der Waals surface area contributed by atoms with Crippen LogP contribution in [0.3, 0.4) is 0 Å². The van der Waals surface area contributed by atoms with E-state index in [-0.39, 0.29) is 5.38 Å². The van der Waals surface area contributed by atoms with Gasteiger partial charge in [0.15, 0.2) is 0 Å². The molecule has 1 aliphatic rings. The Morgan fingerprint density at radius 2 is 2.10 bits per heavy atom. The van der Waals surface area contributed by atoms with Crippen LogP contribution in [0.4, 0.5) is 0 Å². The molecule has 0 N–H and O–H groups in total. The van der Waals surface area contributed by atoms with Crippen LogP contribution in [0, 0.1) is 5.92 Å². The van der Waals surface area contributed by atoms with E-state index in [1.807, 2.05) is 0 Å². The van der Waals surface area contributed by atoms with Gasteiger partial charge in [0.2, 0.25) is 0 Å². The maximum Gasteiger partial charge on any atom is 0.0737 e. The van der Waals surface area contributed by atoms with E-state index in [2.05, 4.69) is 6.92 Å². The van der Waals surface area contributed by atoms with Gasteiger partial charge < -0.3 is 4.74 Å². The van der Waals surface area contributed by atoms with E-state index in [4.69, 9.17) is 16.3 Å². The Balaban J connectivity index is 2.38. The summed E-state index contributed by atoms with van der Waals surface area (Å²) >= 11 is 6.02. The molecule has 3 atom stereocenters. The third-order valence-corrected chi connectivity index (χ3v) is 2.78. The van der Waals surface area contributed by atoms with E-state index in [1.54, 1.807) is 7.11 Å². The fraction of sp³-hybridized carbons (Fsp3) is 1.00. The van der Waals surface area contributed by atoms with Crippen molar-refractivity contribution in [1.82, 2.24) is 0 Å². The lowest BCUT2D eigenvalue weighted by Crippen LogP contribution is -2.30. The molecule has 0 aromatic carbocycles. The summed E-state index contributed by atoms with van der Waals surface area (Å²) in [7, 11) is 1.75. The van der Waals surface area contributed by atoms with Crippen molar-refractivity contribution >= 4 is 11.6 Å². The summed E-state index contributed by atoms with van der Waals surface area (Å²) in [5.74, 6) is 0.792. The van der Waals surface area contributed by atoms with Crippen LogP contribution in [-0.2, 0) is 4.74 Å². The first-order valence-electron chi connectivity index (χ1n) is 3.91. The lowest BCUT2D eigenvalue weighted by Gasteiger charge is -2.29. The average Bonchev–Trinajstić information content (AvgIpc) is 1.94. The van der Waals surface area contributed by atoms with Crippen molar-refractivity contribution < 1.29 is 4.74 Å². The molecular weight excluding hydrogens is 148 g/mol. The quantitative estimate of drug-likeness (QED) is 0.539. The normalized spacial score (nSPS) is 41.7. The Hall–Kier alpha value is 0.250.